The van der Waals surface area contributed by atoms with Crippen LogP contribution in [-0.4, -0.2) is 45.9 Å². The van der Waals surface area contributed by atoms with E-state index in [9.17, 15) is 14.7 Å². The number of hydrogen-bond acceptors (Lipinski definition) is 4. The predicted molar refractivity (Wildman–Crippen MR) is 184 cm³/mol. The molecular weight excluding hydrogens is 538 g/mol. The van der Waals surface area contributed by atoms with Gasteiger partial charge in [0.25, 0.3) is 0 Å². The molecular formula is C37H75NO5. The van der Waals surface area contributed by atoms with Gasteiger partial charge in [0.1, 0.15) is 6.04 Å². The van der Waals surface area contributed by atoms with Gasteiger partial charge in [-0.3, -0.25) is 9.59 Å². The van der Waals surface area contributed by atoms with Gasteiger partial charge in [-0.25, -0.2) is 0 Å². The molecule has 2 atom stereocenters. The van der Waals surface area contributed by atoms with Crippen molar-refractivity contribution in [3.8, 4) is 0 Å². The van der Waals surface area contributed by atoms with Crippen LogP contribution < -0.4 is 5.32 Å². The zero-order valence-electron chi connectivity index (χ0n) is 29.0. The standard InChI is InChI=1S/C20H42O.C17H33NO4/c1-3-5-7-9-11-12-13-15-17-19-20(21)18-16-14-10-8-6-4-2;1-2-3-4-5-6-7-8-9-10-11-14-18-15(17(21)22)12-13-16(19)20/h20-21H,3-19H2,1-2H3;15,18H,2-14H2,1H3,(H,19,20)(H,21,22)/t;15-/m.0/s1. The highest BCUT2D eigenvalue weighted by molar-refractivity contribution is 5.75. The molecule has 0 amide bonds. The smallest absolute Gasteiger partial charge is 0.320 e. The monoisotopic (exact) mass is 614 g/mol. The lowest BCUT2D eigenvalue weighted by Crippen LogP contribution is -2.37. The lowest BCUT2D eigenvalue weighted by molar-refractivity contribution is -0.140. The number of aliphatic carboxylic acids is 2. The molecule has 0 aromatic heterocycles. The summed E-state index contributed by atoms with van der Waals surface area (Å²) in [5.41, 5.74) is 0. The molecule has 0 heterocycles. The second-order valence-electron chi connectivity index (χ2n) is 12.8. The van der Waals surface area contributed by atoms with Crippen molar-refractivity contribution in [1.29, 1.82) is 0 Å². The number of carboxylic acids is 2. The Bertz CT molecular complexity index is 571. The van der Waals surface area contributed by atoms with Gasteiger partial charge in [0.15, 0.2) is 0 Å². The van der Waals surface area contributed by atoms with E-state index in [1.165, 1.54) is 148 Å². The minimum absolute atomic E-state index is 0.0271. The summed E-state index contributed by atoms with van der Waals surface area (Å²) in [4.78, 5) is 21.4. The number of aliphatic hydroxyl groups is 1. The third kappa shape index (κ3) is 38.8. The minimum atomic E-state index is -0.965. The van der Waals surface area contributed by atoms with E-state index in [1.807, 2.05) is 0 Å². The third-order valence-electron chi connectivity index (χ3n) is 8.40. The van der Waals surface area contributed by atoms with Crippen molar-refractivity contribution in [2.75, 3.05) is 6.54 Å². The van der Waals surface area contributed by atoms with Crippen LogP contribution >= 0.6 is 0 Å². The molecule has 0 rings (SSSR count). The average Bonchev–Trinajstić information content (AvgIpc) is 2.98. The summed E-state index contributed by atoms with van der Waals surface area (Å²) in [6.07, 6.45) is 34.9. The van der Waals surface area contributed by atoms with Gasteiger partial charge < -0.3 is 20.6 Å². The third-order valence-corrected chi connectivity index (χ3v) is 8.40. The van der Waals surface area contributed by atoms with E-state index in [4.69, 9.17) is 10.2 Å². The number of hydrogen-bond donors (Lipinski definition) is 4. The summed E-state index contributed by atoms with van der Waals surface area (Å²) >= 11 is 0. The number of aliphatic hydroxyl groups excluding tert-OH is 1. The molecule has 0 bridgehead atoms. The topological polar surface area (TPSA) is 107 Å². The lowest BCUT2D eigenvalue weighted by Gasteiger charge is -2.13. The highest BCUT2D eigenvalue weighted by atomic mass is 16.4. The largest absolute Gasteiger partial charge is 0.481 e. The second kappa shape index (κ2) is 37.0. The highest BCUT2D eigenvalue weighted by Gasteiger charge is 2.17. The van der Waals surface area contributed by atoms with Crippen molar-refractivity contribution in [2.24, 2.45) is 0 Å². The number of rotatable bonds is 33. The first-order valence-electron chi connectivity index (χ1n) is 18.7. The molecule has 0 aliphatic heterocycles. The maximum atomic E-state index is 11.0. The van der Waals surface area contributed by atoms with Crippen molar-refractivity contribution in [3.05, 3.63) is 0 Å². The summed E-state index contributed by atoms with van der Waals surface area (Å²) in [7, 11) is 0. The normalized spacial score (nSPS) is 12.5. The Kier molecular flexibility index (Phi) is 37.9. The van der Waals surface area contributed by atoms with Crippen molar-refractivity contribution in [3.63, 3.8) is 0 Å². The fourth-order valence-corrected chi connectivity index (χ4v) is 5.46. The predicted octanol–water partition coefficient (Wildman–Crippen LogP) is 10.8. The molecule has 43 heavy (non-hydrogen) atoms. The van der Waals surface area contributed by atoms with E-state index in [1.54, 1.807) is 0 Å². The molecule has 1 unspecified atom stereocenters. The molecule has 0 spiro atoms. The van der Waals surface area contributed by atoms with Crippen LogP contribution in [0.25, 0.3) is 0 Å². The van der Waals surface area contributed by atoms with Gasteiger partial charge in [-0.2, -0.15) is 0 Å². The second-order valence-corrected chi connectivity index (χ2v) is 12.8. The van der Waals surface area contributed by atoms with Crippen LogP contribution in [0.4, 0.5) is 0 Å². The van der Waals surface area contributed by atoms with Crippen LogP contribution in [0.1, 0.15) is 207 Å². The van der Waals surface area contributed by atoms with Crippen LogP contribution in [0.15, 0.2) is 0 Å². The van der Waals surface area contributed by atoms with Gasteiger partial charge in [0.05, 0.1) is 6.10 Å². The molecule has 6 heteroatoms. The SMILES string of the molecule is CCCCCCCCCCCC(O)CCCCCCCC.CCCCCCCCCCCCN[C@@H](CCC(=O)O)C(=O)O. The Hall–Kier alpha value is -1.14. The Morgan fingerprint density at radius 1 is 0.488 bits per heavy atom. The average molecular weight is 614 g/mol. The Morgan fingerprint density at radius 3 is 1.14 bits per heavy atom. The summed E-state index contributed by atoms with van der Waals surface area (Å²) < 4.78 is 0. The van der Waals surface area contributed by atoms with Gasteiger partial charge in [-0.15, -0.1) is 0 Å². The van der Waals surface area contributed by atoms with Crippen LogP contribution in [0.2, 0.25) is 0 Å². The molecule has 6 nitrogen and oxygen atoms in total. The lowest BCUT2D eigenvalue weighted by atomic mass is 10.0. The van der Waals surface area contributed by atoms with Gasteiger partial charge in [-0.05, 0) is 32.2 Å². The van der Waals surface area contributed by atoms with Crippen LogP contribution in [0.3, 0.4) is 0 Å². The summed E-state index contributed by atoms with van der Waals surface area (Å²) in [6, 6.07) is -0.741. The highest BCUT2D eigenvalue weighted by Crippen LogP contribution is 2.15. The van der Waals surface area contributed by atoms with Gasteiger partial charge >= 0.3 is 11.9 Å². The summed E-state index contributed by atoms with van der Waals surface area (Å²) in [5, 5.41) is 30.5. The molecule has 0 saturated heterocycles. The maximum Gasteiger partial charge on any atom is 0.320 e. The minimum Gasteiger partial charge on any atom is -0.481 e. The Morgan fingerprint density at radius 2 is 0.814 bits per heavy atom. The first kappa shape index (κ1) is 44.0. The fourth-order valence-electron chi connectivity index (χ4n) is 5.46. The first-order valence-corrected chi connectivity index (χ1v) is 18.7. The fraction of sp³-hybridized carbons (Fsp3) is 0.946. The Labute approximate surface area is 267 Å². The first-order chi connectivity index (χ1) is 20.9. The molecule has 0 aliphatic rings. The molecule has 0 radical (unpaired) electrons. The van der Waals surface area contributed by atoms with Crippen molar-refractivity contribution in [1.82, 2.24) is 5.32 Å². The number of carbonyl (C=O) groups is 2. The van der Waals surface area contributed by atoms with E-state index in [-0.39, 0.29) is 18.9 Å². The summed E-state index contributed by atoms with van der Waals surface area (Å²) in [5.74, 6) is -1.92. The maximum absolute atomic E-state index is 11.0. The summed E-state index contributed by atoms with van der Waals surface area (Å²) in [6.45, 7) is 7.41. The van der Waals surface area contributed by atoms with E-state index < -0.39 is 18.0 Å². The molecule has 0 fully saturated rings. The molecule has 0 aromatic carbocycles. The molecule has 0 saturated carbocycles. The number of carboxylic acid groups (broad SMARTS) is 2. The van der Waals surface area contributed by atoms with Crippen LogP contribution in [0.5, 0.6) is 0 Å². The zero-order chi connectivity index (χ0) is 32.2. The van der Waals surface area contributed by atoms with Crippen LogP contribution in [-0.2, 0) is 9.59 Å². The van der Waals surface area contributed by atoms with E-state index in [2.05, 4.69) is 26.1 Å². The van der Waals surface area contributed by atoms with Gasteiger partial charge in [0, 0.05) is 6.42 Å². The van der Waals surface area contributed by atoms with Crippen LogP contribution in [0, 0.1) is 0 Å². The zero-order valence-corrected chi connectivity index (χ0v) is 29.0. The molecule has 4 N–H and O–H groups in total. The van der Waals surface area contributed by atoms with E-state index >= 15 is 0 Å². The molecule has 258 valence electrons. The van der Waals surface area contributed by atoms with Crippen molar-refractivity contribution in [2.45, 2.75) is 219 Å². The van der Waals surface area contributed by atoms with Crippen molar-refractivity contribution < 1.29 is 24.9 Å². The van der Waals surface area contributed by atoms with Crippen molar-refractivity contribution >= 4 is 11.9 Å². The quantitative estimate of drug-likeness (QED) is 0.0549. The molecule has 0 aromatic rings. The van der Waals surface area contributed by atoms with Gasteiger partial charge in [-0.1, -0.05) is 175 Å². The van der Waals surface area contributed by atoms with E-state index in [0.29, 0.717) is 6.54 Å². The van der Waals surface area contributed by atoms with E-state index in [0.717, 1.165) is 25.7 Å². The number of nitrogens with one attached hydrogen (secondary N) is 1. The van der Waals surface area contributed by atoms with Gasteiger partial charge in [0.2, 0.25) is 0 Å². The molecule has 0 aliphatic carbocycles. The Balaban J connectivity index is 0. The number of unbranched alkanes of at least 4 members (excludes halogenated alkanes) is 22.